The molecule has 0 radical (unpaired) electrons. The lowest BCUT2D eigenvalue weighted by molar-refractivity contribution is 0.0915. The summed E-state index contributed by atoms with van der Waals surface area (Å²) in [6, 6.07) is 7.84. The number of aromatic nitrogens is 2. The van der Waals surface area contributed by atoms with Crippen LogP contribution < -0.4 is 10.6 Å². The highest BCUT2D eigenvalue weighted by atomic mass is 35.5. The molecule has 6 heteroatoms. The standard InChI is InChI=1S/C19H23ClN4O/c20-14-7-5-13(6-8-14)17(12-3-1-2-4-12)22-19(25)18-15-11-21-10-9-16(15)23-24-18/h5-8,12,17,21H,1-4,9-11H2,(H,22,25)(H,23,24). The average molecular weight is 359 g/mol. The van der Waals surface area contributed by atoms with Crippen LogP contribution in [0.5, 0.6) is 0 Å². The minimum absolute atomic E-state index is 0.0103. The quantitative estimate of drug-likeness (QED) is 0.784. The van der Waals surface area contributed by atoms with Gasteiger partial charge in [-0.05, 0) is 36.5 Å². The zero-order chi connectivity index (χ0) is 17.2. The number of H-pyrrole nitrogens is 1. The van der Waals surface area contributed by atoms with E-state index in [1.165, 1.54) is 12.8 Å². The molecule has 25 heavy (non-hydrogen) atoms. The maximum atomic E-state index is 12.9. The predicted octanol–water partition coefficient (Wildman–Crippen LogP) is 3.37. The number of fused-ring (bicyclic) bond motifs is 1. The average Bonchev–Trinajstić information content (AvgIpc) is 3.30. The first-order valence-electron chi connectivity index (χ1n) is 9.05. The molecule has 0 bridgehead atoms. The summed E-state index contributed by atoms with van der Waals surface area (Å²) >= 11 is 6.03. The lowest BCUT2D eigenvalue weighted by Crippen LogP contribution is -2.34. The molecule has 4 rings (SSSR count). The second-order valence-electron chi connectivity index (χ2n) is 7.00. The van der Waals surface area contributed by atoms with Crippen LogP contribution in [0, 0.1) is 5.92 Å². The Morgan fingerprint density at radius 3 is 2.76 bits per heavy atom. The Bertz CT molecular complexity index is 749. The van der Waals surface area contributed by atoms with E-state index in [9.17, 15) is 4.79 Å². The van der Waals surface area contributed by atoms with Gasteiger partial charge in [0.1, 0.15) is 0 Å². The fraction of sp³-hybridized carbons (Fsp3) is 0.474. The number of amides is 1. The maximum absolute atomic E-state index is 12.9. The smallest absolute Gasteiger partial charge is 0.272 e. The van der Waals surface area contributed by atoms with Gasteiger partial charge in [0.25, 0.3) is 5.91 Å². The highest BCUT2D eigenvalue weighted by Gasteiger charge is 2.30. The summed E-state index contributed by atoms with van der Waals surface area (Å²) in [6.45, 7) is 1.62. The summed E-state index contributed by atoms with van der Waals surface area (Å²) in [5.74, 6) is 0.381. The zero-order valence-corrected chi connectivity index (χ0v) is 14.9. The first kappa shape index (κ1) is 16.6. The Kier molecular flexibility index (Phi) is 4.77. The van der Waals surface area contributed by atoms with Crippen molar-refractivity contribution in [2.75, 3.05) is 6.54 Å². The third-order valence-electron chi connectivity index (χ3n) is 5.41. The van der Waals surface area contributed by atoms with Crippen LogP contribution in [0.15, 0.2) is 24.3 Å². The summed E-state index contributed by atoms with van der Waals surface area (Å²) in [5.41, 5.74) is 3.73. The van der Waals surface area contributed by atoms with Gasteiger partial charge >= 0.3 is 0 Å². The molecule has 1 fully saturated rings. The number of nitrogens with one attached hydrogen (secondary N) is 3. The molecule has 1 amide bonds. The van der Waals surface area contributed by atoms with E-state index in [1.54, 1.807) is 0 Å². The second-order valence-corrected chi connectivity index (χ2v) is 7.44. The van der Waals surface area contributed by atoms with Crippen molar-refractivity contribution in [3.05, 3.63) is 51.8 Å². The van der Waals surface area contributed by atoms with Crippen LogP contribution in [0.2, 0.25) is 5.02 Å². The van der Waals surface area contributed by atoms with Gasteiger partial charge in [0, 0.05) is 35.8 Å². The molecule has 1 aliphatic carbocycles. The zero-order valence-electron chi connectivity index (χ0n) is 14.1. The minimum atomic E-state index is -0.0898. The van der Waals surface area contributed by atoms with Crippen molar-refractivity contribution in [2.45, 2.75) is 44.7 Å². The van der Waals surface area contributed by atoms with Gasteiger partial charge in [0.05, 0.1) is 6.04 Å². The van der Waals surface area contributed by atoms with Gasteiger partial charge in [-0.1, -0.05) is 36.6 Å². The van der Waals surface area contributed by atoms with Gasteiger partial charge in [-0.25, -0.2) is 0 Å². The Labute approximate surface area is 152 Å². The molecule has 1 aromatic carbocycles. The van der Waals surface area contributed by atoms with Crippen molar-refractivity contribution in [3.63, 3.8) is 0 Å². The number of hydrogen-bond acceptors (Lipinski definition) is 3. The molecule has 1 aromatic heterocycles. The van der Waals surface area contributed by atoms with Crippen molar-refractivity contribution >= 4 is 17.5 Å². The predicted molar refractivity (Wildman–Crippen MR) is 97.6 cm³/mol. The van der Waals surface area contributed by atoms with Crippen molar-refractivity contribution < 1.29 is 4.79 Å². The Hall–Kier alpha value is -1.85. The van der Waals surface area contributed by atoms with Crippen LogP contribution >= 0.6 is 11.6 Å². The first-order chi connectivity index (χ1) is 12.2. The molecule has 0 saturated heterocycles. The number of halogens is 1. The Morgan fingerprint density at radius 2 is 2.00 bits per heavy atom. The van der Waals surface area contributed by atoms with Crippen LogP contribution in [0.4, 0.5) is 0 Å². The van der Waals surface area contributed by atoms with Crippen LogP contribution in [0.3, 0.4) is 0 Å². The van der Waals surface area contributed by atoms with E-state index in [1.807, 2.05) is 24.3 Å². The largest absolute Gasteiger partial charge is 0.344 e. The molecule has 0 spiro atoms. The Morgan fingerprint density at radius 1 is 1.24 bits per heavy atom. The lowest BCUT2D eigenvalue weighted by Gasteiger charge is -2.25. The van der Waals surface area contributed by atoms with E-state index in [0.717, 1.165) is 42.6 Å². The molecule has 2 aromatic rings. The molecule has 2 heterocycles. The topological polar surface area (TPSA) is 69.8 Å². The van der Waals surface area contributed by atoms with Crippen molar-refractivity contribution in [3.8, 4) is 0 Å². The number of nitrogens with zero attached hydrogens (tertiary/aromatic N) is 1. The van der Waals surface area contributed by atoms with Gasteiger partial charge in [0.2, 0.25) is 0 Å². The van der Waals surface area contributed by atoms with E-state index in [0.29, 0.717) is 23.2 Å². The summed E-state index contributed by atoms with van der Waals surface area (Å²) in [5, 5.41) is 14.6. The molecule has 1 unspecified atom stereocenters. The fourth-order valence-electron chi connectivity index (χ4n) is 4.06. The summed E-state index contributed by atoms with van der Waals surface area (Å²) in [6.07, 6.45) is 5.64. The molecular formula is C19H23ClN4O. The molecule has 3 N–H and O–H groups in total. The van der Waals surface area contributed by atoms with Crippen LogP contribution in [0.1, 0.15) is 59.0 Å². The van der Waals surface area contributed by atoms with E-state index in [-0.39, 0.29) is 11.9 Å². The third kappa shape index (κ3) is 3.44. The number of benzene rings is 1. The first-order valence-corrected chi connectivity index (χ1v) is 9.43. The van der Waals surface area contributed by atoms with E-state index in [2.05, 4.69) is 20.8 Å². The van der Waals surface area contributed by atoms with Gasteiger partial charge in [-0.3, -0.25) is 9.89 Å². The lowest BCUT2D eigenvalue weighted by atomic mass is 9.91. The monoisotopic (exact) mass is 358 g/mol. The summed E-state index contributed by atoms with van der Waals surface area (Å²) in [7, 11) is 0. The molecule has 1 aliphatic heterocycles. The summed E-state index contributed by atoms with van der Waals surface area (Å²) in [4.78, 5) is 12.9. The van der Waals surface area contributed by atoms with Crippen molar-refractivity contribution in [2.24, 2.45) is 5.92 Å². The number of rotatable bonds is 4. The van der Waals surface area contributed by atoms with Gasteiger partial charge in [-0.2, -0.15) is 5.10 Å². The van der Waals surface area contributed by atoms with Gasteiger partial charge in [-0.15, -0.1) is 0 Å². The maximum Gasteiger partial charge on any atom is 0.272 e. The molecular weight excluding hydrogens is 336 g/mol. The second kappa shape index (κ2) is 7.18. The van der Waals surface area contributed by atoms with Gasteiger partial charge < -0.3 is 10.6 Å². The fourth-order valence-corrected chi connectivity index (χ4v) is 4.18. The highest BCUT2D eigenvalue weighted by Crippen LogP contribution is 2.36. The molecule has 5 nitrogen and oxygen atoms in total. The van der Waals surface area contributed by atoms with Crippen molar-refractivity contribution in [1.82, 2.24) is 20.8 Å². The number of aromatic amines is 1. The Balaban J connectivity index is 1.58. The SMILES string of the molecule is O=C(NC(c1ccc(Cl)cc1)C1CCCC1)c1n[nH]c2c1CNCC2. The van der Waals surface area contributed by atoms with Crippen LogP contribution in [-0.2, 0) is 13.0 Å². The van der Waals surface area contributed by atoms with E-state index >= 15 is 0 Å². The van der Waals surface area contributed by atoms with Crippen LogP contribution in [-0.4, -0.2) is 22.6 Å². The molecule has 1 atom stereocenters. The van der Waals surface area contributed by atoms with E-state index < -0.39 is 0 Å². The molecule has 132 valence electrons. The summed E-state index contributed by atoms with van der Waals surface area (Å²) < 4.78 is 0. The normalized spacial score (nSPS) is 18.8. The highest BCUT2D eigenvalue weighted by molar-refractivity contribution is 6.30. The van der Waals surface area contributed by atoms with Crippen LogP contribution in [0.25, 0.3) is 0 Å². The molecule has 1 saturated carbocycles. The number of carbonyl (C=O) groups is 1. The third-order valence-corrected chi connectivity index (χ3v) is 5.66. The minimum Gasteiger partial charge on any atom is -0.344 e. The molecule has 2 aliphatic rings. The van der Waals surface area contributed by atoms with E-state index in [4.69, 9.17) is 11.6 Å². The number of carbonyl (C=O) groups excluding carboxylic acids is 1. The van der Waals surface area contributed by atoms with Crippen molar-refractivity contribution in [1.29, 1.82) is 0 Å². The number of hydrogen-bond donors (Lipinski definition) is 3. The van der Waals surface area contributed by atoms with Gasteiger partial charge in [0.15, 0.2) is 5.69 Å².